The number of amides is 2. The molecule has 1 rings (SSSR count). The summed E-state index contributed by atoms with van der Waals surface area (Å²) in [5.74, 6) is -2.08. The zero-order chi connectivity index (χ0) is 15.3. The van der Waals surface area contributed by atoms with Gasteiger partial charge in [0.2, 0.25) is 11.8 Å². The quantitative estimate of drug-likeness (QED) is 0.685. The van der Waals surface area contributed by atoms with E-state index in [0.717, 1.165) is 6.42 Å². The summed E-state index contributed by atoms with van der Waals surface area (Å²) in [7, 11) is 0. The molecule has 0 aromatic heterocycles. The highest BCUT2D eigenvalue weighted by atomic mass is 16.5. The van der Waals surface area contributed by atoms with Gasteiger partial charge in [0.15, 0.2) is 0 Å². The van der Waals surface area contributed by atoms with Crippen molar-refractivity contribution in [3.05, 3.63) is 0 Å². The summed E-state index contributed by atoms with van der Waals surface area (Å²) in [6, 6.07) is -0.763. The number of carboxylic acids is 1. The molecule has 0 bridgehead atoms. The molecule has 1 aliphatic heterocycles. The monoisotopic (exact) mass is 286 g/mol. The molecule has 2 N–H and O–H groups in total. The number of rotatable bonds is 5. The first-order valence-corrected chi connectivity index (χ1v) is 6.72. The van der Waals surface area contributed by atoms with Gasteiger partial charge < -0.3 is 20.1 Å². The summed E-state index contributed by atoms with van der Waals surface area (Å²) in [5, 5.41) is 11.8. The highest BCUT2D eigenvalue weighted by molar-refractivity contribution is 6.02. The van der Waals surface area contributed by atoms with E-state index in [-0.39, 0.29) is 19.1 Å². The molecule has 0 aromatic rings. The Morgan fingerprint density at radius 2 is 2.05 bits per heavy atom. The van der Waals surface area contributed by atoms with E-state index < -0.39 is 23.3 Å². The molecular formula is C13H22N2O5. The zero-order valence-electron chi connectivity index (χ0n) is 12.1. The second-order valence-corrected chi connectivity index (χ2v) is 5.31. The van der Waals surface area contributed by atoms with E-state index >= 15 is 0 Å². The molecule has 1 atom stereocenters. The summed E-state index contributed by atoms with van der Waals surface area (Å²) < 4.78 is 5.23. The van der Waals surface area contributed by atoms with Gasteiger partial charge in [0.05, 0.1) is 13.2 Å². The van der Waals surface area contributed by atoms with E-state index in [9.17, 15) is 14.4 Å². The molecule has 2 amide bonds. The van der Waals surface area contributed by atoms with Gasteiger partial charge in [0, 0.05) is 13.1 Å². The predicted molar refractivity (Wildman–Crippen MR) is 71.0 cm³/mol. The van der Waals surface area contributed by atoms with Gasteiger partial charge in [-0.25, -0.2) is 0 Å². The number of hydrogen-bond donors (Lipinski definition) is 2. The van der Waals surface area contributed by atoms with E-state index in [1.807, 2.05) is 6.92 Å². The Morgan fingerprint density at radius 1 is 1.40 bits per heavy atom. The molecule has 0 spiro atoms. The van der Waals surface area contributed by atoms with Crippen molar-refractivity contribution in [1.29, 1.82) is 0 Å². The van der Waals surface area contributed by atoms with Crippen molar-refractivity contribution in [2.24, 2.45) is 5.41 Å². The molecule has 7 heteroatoms. The number of carbonyl (C=O) groups is 3. The lowest BCUT2D eigenvalue weighted by molar-refractivity contribution is -0.165. The lowest BCUT2D eigenvalue weighted by Gasteiger charge is -2.37. The van der Waals surface area contributed by atoms with Crippen LogP contribution in [0.4, 0.5) is 0 Å². The summed E-state index contributed by atoms with van der Waals surface area (Å²) >= 11 is 0. The van der Waals surface area contributed by atoms with Crippen molar-refractivity contribution in [3.8, 4) is 0 Å². The lowest BCUT2D eigenvalue weighted by Crippen LogP contribution is -2.59. The van der Waals surface area contributed by atoms with Crippen molar-refractivity contribution >= 4 is 17.8 Å². The van der Waals surface area contributed by atoms with Crippen molar-refractivity contribution in [2.45, 2.75) is 33.2 Å². The smallest absolute Gasteiger partial charge is 0.318 e. The van der Waals surface area contributed by atoms with Crippen LogP contribution in [0.1, 0.15) is 27.2 Å². The topological polar surface area (TPSA) is 95.9 Å². The number of carboxylic acid groups (broad SMARTS) is 1. The molecule has 0 aromatic carbocycles. The van der Waals surface area contributed by atoms with Crippen LogP contribution in [-0.2, 0) is 19.1 Å². The molecule has 1 fully saturated rings. The van der Waals surface area contributed by atoms with Gasteiger partial charge in [-0.05, 0) is 20.3 Å². The fourth-order valence-electron chi connectivity index (χ4n) is 1.88. The Balaban J connectivity index is 2.86. The Kier molecular flexibility index (Phi) is 5.50. The van der Waals surface area contributed by atoms with Crippen molar-refractivity contribution in [1.82, 2.24) is 10.2 Å². The van der Waals surface area contributed by atoms with Gasteiger partial charge in [-0.3, -0.25) is 14.4 Å². The fraction of sp³-hybridized carbons (Fsp3) is 0.769. The zero-order valence-corrected chi connectivity index (χ0v) is 12.1. The van der Waals surface area contributed by atoms with Gasteiger partial charge in [-0.15, -0.1) is 0 Å². The Morgan fingerprint density at radius 3 is 2.60 bits per heavy atom. The molecule has 1 heterocycles. The molecular weight excluding hydrogens is 264 g/mol. The summed E-state index contributed by atoms with van der Waals surface area (Å²) in [6.07, 6.45) is 0.786. The summed E-state index contributed by atoms with van der Waals surface area (Å²) in [5.41, 5.74) is -1.55. The number of morpholine rings is 1. The molecule has 1 unspecified atom stereocenters. The average Bonchev–Trinajstić information content (AvgIpc) is 2.43. The van der Waals surface area contributed by atoms with Crippen molar-refractivity contribution in [3.63, 3.8) is 0 Å². The third kappa shape index (κ3) is 3.47. The number of aliphatic carboxylic acids is 1. The molecule has 7 nitrogen and oxygen atoms in total. The maximum Gasteiger partial charge on any atom is 0.318 e. The van der Waals surface area contributed by atoms with Gasteiger partial charge in [-0.2, -0.15) is 0 Å². The number of hydrogen-bond acceptors (Lipinski definition) is 4. The minimum atomic E-state index is -1.55. The van der Waals surface area contributed by atoms with E-state index in [1.165, 1.54) is 18.7 Å². The second kappa shape index (κ2) is 6.69. The van der Waals surface area contributed by atoms with Crippen LogP contribution < -0.4 is 5.32 Å². The van der Waals surface area contributed by atoms with E-state index in [1.54, 1.807) is 0 Å². The lowest BCUT2D eigenvalue weighted by atomic mass is 9.91. The Hall–Kier alpha value is -1.63. The number of carbonyl (C=O) groups excluding carboxylic acids is 2. The maximum absolute atomic E-state index is 12.4. The summed E-state index contributed by atoms with van der Waals surface area (Å²) in [6.45, 7) is 5.74. The van der Waals surface area contributed by atoms with Gasteiger partial charge in [-0.1, -0.05) is 6.92 Å². The van der Waals surface area contributed by atoms with Crippen LogP contribution in [0, 0.1) is 5.41 Å². The fourth-order valence-corrected chi connectivity index (χ4v) is 1.88. The molecule has 0 saturated carbocycles. The van der Waals surface area contributed by atoms with Crippen LogP contribution in [0.15, 0.2) is 0 Å². The first kappa shape index (κ1) is 16.4. The standard InChI is InChI=1S/C13H22N2O5/c1-4-5-14-10(16)9-8-20-7-6-15(9)11(17)13(2,3)12(18)19/h9H,4-8H2,1-3H3,(H,14,16)(H,18,19). The highest BCUT2D eigenvalue weighted by Gasteiger charge is 2.44. The second-order valence-electron chi connectivity index (χ2n) is 5.31. The molecule has 1 saturated heterocycles. The number of nitrogens with zero attached hydrogens (tertiary/aromatic N) is 1. The minimum Gasteiger partial charge on any atom is -0.480 e. The minimum absolute atomic E-state index is 0.0942. The summed E-state index contributed by atoms with van der Waals surface area (Å²) in [4.78, 5) is 36.9. The van der Waals surface area contributed by atoms with Gasteiger partial charge in [0.1, 0.15) is 11.5 Å². The third-order valence-corrected chi connectivity index (χ3v) is 3.31. The van der Waals surface area contributed by atoms with Crippen LogP contribution in [0.2, 0.25) is 0 Å². The van der Waals surface area contributed by atoms with Crippen LogP contribution in [0.25, 0.3) is 0 Å². The SMILES string of the molecule is CCCNC(=O)C1COCCN1C(=O)C(C)(C)C(=O)O. The van der Waals surface area contributed by atoms with Crippen LogP contribution in [-0.4, -0.2) is 60.1 Å². The molecule has 0 radical (unpaired) electrons. The van der Waals surface area contributed by atoms with Gasteiger partial charge >= 0.3 is 5.97 Å². The molecule has 20 heavy (non-hydrogen) atoms. The van der Waals surface area contributed by atoms with Crippen molar-refractivity contribution < 1.29 is 24.2 Å². The third-order valence-electron chi connectivity index (χ3n) is 3.31. The largest absolute Gasteiger partial charge is 0.480 e. The van der Waals surface area contributed by atoms with Gasteiger partial charge in [0.25, 0.3) is 0 Å². The Labute approximate surface area is 118 Å². The van der Waals surface area contributed by atoms with E-state index in [2.05, 4.69) is 5.32 Å². The molecule has 114 valence electrons. The molecule has 1 aliphatic rings. The normalized spacial score (nSPS) is 19.6. The first-order chi connectivity index (χ1) is 9.32. The van der Waals surface area contributed by atoms with Crippen LogP contribution in [0.5, 0.6) is 0 Å². The van der Waals surface area contributed by atoms with Crippen molar-refractivity contribution in [2.75, 3.05) is 26.3 Å². The van der Waals surface area contributed by atoms with E-state index in [0.29, 0.717) is 13.2 Å². The van der Waals surface area contributed by atoms with Crippen LogP contribution >= 0.6 is 0 Å². The molecule has 0 aliphatic carbocycles. The average molecular weight is 286 g/mol. The van der Waals surface area contributed by atoms with E-state index in [4.69, 9.17) is 9.84 Å². The predicted octanol–water partition coefficient (Wildman–Crippen LogP) is -0.149. The first-order valence-electron chi connectivity index (χ1n) is 6.72. The number of nitrogens with one attached hydrogen (secondary N) is 1. The number of ether oxygens (including phenoxy) is 1. The maximum atomic E-state index is 12.4. The Bertz CT molecular complexity index is 394. The highest BCUT2D eigenvalue weighted by Crippen LogP contribution is 2.22. The van der Waals surface area contributed by atoms with Crippen LogP contribution in [0.3, 0.4) is 0 Å².